The molecule has 1 amide bonds. The molecule has 27 heavy (non-hydrogen) atoms. The fraction of sp³-hybridized carbons (Fsp3) is 0.444. The zero-order valence-corrected chi connectivity index (χ0v) is 16.9. The Bertz CT molecular complexity index is 860. The molecule has 0 atom stereocenters. The van der Waals surface area contributed by atoms with E-state index in [1.165, 1.54) is 4.31 Å². The molecule has 1 aliphatic rings. The number of rotatable bonds is 7. The van der Waals surface area contributed by atoms with Gasteiger partial charge in [-0.2, -0.15) is 4.31 Å². The van der Waals surface area contributed by atoms with Crippen molar-refractivity contribution in [1.29, 1.82) is 0 Å². The zero-order chi connectivity index (χ0) is 19.3. The quantitative estimate of drug-likeness (QED) is 0.757. The second-order valence-electron chi connectivity index (χ2n) is 6.34. The van der Waals surface area contributed by atoms with E-state index in [1.807, 2.05) is 29.3 Å². The van der Waals surface area contributed by atoms with Gasteiger partial charge in [0.1, 0.15) is 5.82 Å². The van der Waals surface area contributed by atoms with Crippen LogP contribution in [0.5, 0.6) is 0 Å². The van der Waals surface area contributed by atoms with Crippen LogP contribution in [0.1, 0.15) is 28.6 Å². The minimum atomic E-state index is -3.19. The van der Waals surface area contributed by atoms with Crippen LogP contribution >= 0.6 is 11.3 Å². The molecule has 0 bridgehead atoms. The van der Waals surface area contributed by atoms with Crippen molar-refractivity contribution in [1.82, 2.24) is 14.6 Å². The van der Waals surface area contributed by atoms with Crippen molar-refractivity contribution < 1.29 is 13.2 Å². The topological polar surface area (TPSA) is 82.6 Å². The van der Waals surface area contributed by atoms with Crippen LogP contribution in [-0.4, -0.2) is 55.5 Å². The van der Waals surface area contributed by atoms with Crippen molar-refractivity contribution in [3.8, 4) is 0 Å². The lowest BCUT2D eigenvalue weighted by Gasteiger charge is -2.35. The molecule has 0 aromatic carbocycles. The molecule has 1 saturated heterocycles. The van der Waals surface area contributed by atoms with Gasteiger partial charge in [-0.3, -0.25) is 4.79 Å². The minimum absolute atomic E-state index is 0.174. The van der Waals surface area contributed by atoms with E-state index >= 15 is 0 Å². The number of sulfonamides is 1. The Balaban J connectivity index is 1.67. The van der Waals surface area contributed by atoms with E-state index in [0.29, 0.717) is 50.5 Å². The molecule has 2 aromatic heterocycles. The molecule has 1 fully saturated rings. The molecule has 1 aliphatic heterocycles. The third-order valence-electron chi connectivity index (χ3n) is 4.43. The Morgan fingerprint density at radius 1 is 1.22 bits per heavy atom. The van der Waals surface area contributed by atoms with Crippen LogP contribution in [0.25, 0.3) is 0 Å². The summed E-state index contributed by atoms with van der Waals surface area (Å²) in [6, 6.07) is 7.43. The molecule has 1 N–H and O–H groups in total. The number of nitrogens with zero attached hydrogens (tertiary/aromatic N) is 3. The van der Waals surface area contributed by atoms with Crippen LogP contribution in [0.15, 0.2) is 35.8 Å². The summed E-state index contributed by atoms with van der Waals surface area (Å²) < 4.78 is 26.0. The number of aromatic nitrogens is 1. The van der Waals surface area contributed by atoms with Crippen molar-refractivity contribution in [3.63, 3.8) is 0 Å². The Labute approximate surface area is 164 Å². The second-order valence-corrected chi connectivity index (χ2v) is 9.46. The van der Waals surface area contributed by atoms with Crippen molar-refractivity contribution >= 4 is 33.1 Å². The van der Waals surface area contributed by atoms with Crippen LogP contribution < -0.4 is 10.2 Å². The first-order valence-corrected chi connectivity index (χ1v) is 11.5. The number of thiophene rings is 1. The van der Waals surface area contributed by atoms with Gasteiger partial charge in [-0.1, -0.05) is 13.0 Å². The first-order valence-electron chi connectivity index (χ1n) is 8.99. The number of pyridine rings is 1. The molecular formula is C18H24N4O3S2. The molecule has 146 valence electrons. The Morgan fingerprint density at radius 2 is 2.00 bits per heavy atom. The van der Waals surface area contributed by atoms with Crippen molar-refractivity contribution in [2.24, 2.45) is 0 Å². The maximum absolute atomic E-state index is 12.6. The molecule has 0 spiro atoms. The number of hydrogen-bond donors (Lipinski definition) is 1. The van der Waals surface area contributed by atoms with Gasteiger partial charge in [-0.05, 0) is 30.0 Å². The highest BCUT2D eigenvalue weighted by molar-refractivity contribution is 7.89. The summed E-state index contributed by atoms with van der Waals surface area (Å²) in [6.45, 7) is 4.21. The van der Waals surface area contributed by atoms with Gasteiger partial charge in [-0.25, -0.2) is 13.4 Å². The summed E-state index contributed by atoms with van der Waals surface area (Å²) in [4.78, 5) is 20.1. The molecule has 0 unspecified atom stereocenters. The average Bonchev–Trinajstić information content (AvgIpc) is 3.20. The molecule has 3 heterocycles. The van der Waals surface area contributed by atoms with Crippen LogP contribution in [0.4, 0.5) is 5.82 Å². The van der Waals surface area contributed by atoms with E-state index in [0.717, 1.165) is 4.88 Å². The van der Waals surface area contributed by atoms with E-state index < -0.39 is 10.0 Å². The van der Waals surface area contributed by atoms with E-state index in [2.05, 4.69) is 10.3 Å². The van der Waals surface area contributed by atoms with Crippen LogP contribution in [0.3, 0.4) is 0 Å². The Kier molecular flexibility index (Phi) is 6.46. The second kappa shape index (κ2) is 8.81. The third-order valence-corrected chi connectivity index (χ3v) is 7.38. The Morgan fingerprint density at radius 3 is 2.67 bits per heavy atom. The summed E-state index contributed by atoms with van der Waals surface area (Å²) >= 11 is 1.60. The smallest absolute Gasteiger partial charge is 0.255 e. The molecule has 9 heteroatoms. The molecule has 7 nitrogen and oxygen atoms in total. The lowest BCUT2D eigenvalue weighted by atomic mass is 10.2. The van der Waals surface area contributed by atoms with Crippen molar-refractivity contribution in [2.45, 2.75) is 19.9 Å². The molecule has 0 radical (unpaired) electrons. The van der Waals surface area contributed by atoms with E-state index in [9.17, 15) is 13.2 Å². The van der Waals surface area contributed by atoms with Gasteiger partial charge in [0.25, 0.3) is 5.91 Å². The highest BCUT2D eigenvalue weighted by atomic mass is 32.2. The summed E-state index contributed by atoms with van der Waals surface area (Å²) in [7, 11) is -3.19. The number of carbonyl (C=O) groups excluding carboxylic acids is 1. The molecule has 0 aliphatic carbocycles. The van der Waals surface area contributed by atoms with Crippen LogP contribution in [0.2, 0.25) is 0 Å². The standard InChI is InChI=1S/C18H24N4O3S2/c1-2-13-27(24,25)22-10-8-21(9-11-22)17-16(6-3-7-19-17)18(23)20-14-15-5-4-12-26-15/h3-7,12H,2,8-11,13-14H2,1H3,(H,20,23). The monoisotopic (exact) mass is 408 g/mol. The SMILES string of the molecule is CCCS(=O)(=O)N1CCN(c2ncccc2C(=O)NCc2cccs2)CC1. The maximum Gasteiger partial charge on any atom is 0.255 e. The zero-order valence-electron chi connectivity index (χ0n) is 15.3. The van der Waals surface area contributed by atoms with E-state index in [1.54, 1.807) is 29.7 Å². The largest absolute Gasteiger partial charge is 0.353 e. The summed E-state index contributed by atoms with van der Waals surface area (Å²) in [5.41, 5.74) is 0.513. The van der Waals surface area contributed by atoms with E-state index in [4.69, 9.17) is 0 Å². The normalized spacial score (nSPS) is 15.7. The van der Waals surface area contributed by atoms with Gasteiger partial charge in [0, 0.05) is 37.3 Å². The first kappa shape index (κ1) is 19.8. The highest BCUT2D eigenvalue weighted by Crippen LogP contribution is 2.20. The fourth-order valence-electron chi connectivity index (χ4n) is 3.07. The van der Waals surface area contributed by atoms with Gasteiger partial charge in [0.05, 0.1) is 17.9 Å². The lowest BCUT2D eigenvalue weighted by molar-refractivity contribution is 0.0951. The van der Waals surface area contributed by atoms with E-state index in [-0.39, 0.29) is 11.7 Å². The predicted octanol–water partition coefficient (Wildman–Crippen LogP) is 1.93. The highest BCUT2D eigenvalue weighted by Gasteiger charge is 2.28. The molecular weight excluding hydrogens is 384 g/mol. The fourth-order valence-corrected chi connectivity index (χ4v) is 5.21. The molecule has 0 saturated carbocycles. The van der Waals surface area contributed by atoms with Crippen molar-refractivity contribution in [3.05, 3.63) is 46.3 Å². The lowest BCUT2D eigenvalue weighted by Crippen LogP contribution is -2.50. The van der Waals surface area contributed by atoms with Gasteiger partial charge in [-0.15, -0.1) is 11.3 Å². The first-order chi connectivity index (χ1) is 13.0. The number of anilines is 1. The summed E-state index contributed by atoms with van der Waals surface area (Å²) in [6.07, 6.45) is 2.27. The summed E-state index contributed by atoms with van der Waals surface area (Å²) in [5, 5.41) is 4.90. The Hall–Kier alpha value is -1.97. The van der Waals surface area contributed by atoms with Gasteiger partial charge < -0.3 is 10.2 Å². The average molecular weight is 409 g/mol. The number of piperazine rings is 1. The number of amides is 1. The predicted molar refractivity (Wildman–Crippen MR) is 108 cm³/mol. The van der Waals surface area contributed by atoms with Gasteiger partial charge >= 0.3 is 0 Å². The third kappa shape index (κ3) is 4.85. The number of carbonyl (C=O) groups is 1. The summed E-state index contributed by atoms with van der Waals surface area (Å²) in [5.74, 6) is 0.605. The van der Waals surface area contributed by atoms with Crippen LogP contribution in [-0.2, 0) is 16.6 Å². The number of nitrogens with one attached hydrogen (secondary N) is 1. The van der Waals surface area contributed by atoms with Gasteiger partial charge in [0.2, 0.25) is 10.0 Å². The van der Waals surface area contributed by atoms with Gasteiger partial charge in [0.15, 0.2) is 0 Å². The van der Waals surface area contributed by atoms with Crippen LogP contribution in [0, 0.1) is 0 Å². The maximum atomic E-state index is 12.6. The number of hydrogen-bond acceptors (Lipinski definition) is 6. The van der Waals surface area contributed by atoms with Crippen molar-refractivity contribution in [2.75, 3.05) is 36.8 Å². The minimum Gasteiger partial charge on any atom is -0.353 e. The molecule has 2 aromatic rings. The molecule has 3 rings (SSSR count).